The van der Waals surface area contributed by atoms with Gasteiger partial charge in [0.25, 0.3) is 0 Å². The first-order valence-electron chi connectivity index (χ1n) is 25.1. The lowest BCUT2D eigenvalue weighted by Crippen LogP contribution is -2.29. The number of carbonyl (C=O) groups is 2. The lowest BCUT2D eigenvalue weighted by atomic mass is 9.90. The van der Waals surface area contributed by atoms with E-state index in [1.54, 1.807) is 13.8 Å². The van der Waals surface area contributed by atoms with Crippen molar-refractivity contribution in [1.29, 1.82) is 10.5 Å². The summed E-state index contributed by atoms with van der Waals surface area (Å²) in [6.07, 6.45) is 28.3. The number of nitriles is 2. The first-order valence-corrected chi connectivity index (χ1v) is 27.1. The minimum atomic E-state index is 0.144. The number of unbranched alkanes of at least 4 members (excludes halogenated alkanes) is 14. The number of benzene rings is 3. The third-order valence-corrected chi connectivity index (χ3v) is 15.5. The number of para-hydroxylation sites is 2. The molecule has 3 heterocycles. The van der Waals surface area contributed by atoms with Crippen molar-refractivity contribution in [3.63, 3.8) is 0 Å². The molecular weight excluding hydrogens is 875 g/mol. The topological polar surface area (TPSA) is 101 Å². The Morgan fingerprint density at radius 2 is 1.07 bits per heavy atom. The van der Waals surface area contributed by atoms with Crippen LogP contribution in [0.15, 0.2) is 66.9 Å². The van der Waals surface area contributed by atoms with E-state index in [1.165, 1.54) is 123 Å². The van der Waals surface area contributed by atoms with Crippen LogP contribution in [0.25, 0.3) is 34.5 Å². The molecule has 0 N–H and O–H groups in total. The van der Waals surface area contributed by atoms with Crippen molar-refractivity contribution in [1.82, 2.24) is 4.98 Å². The number of carbonyl (C=O) groups excluding carboxylic acids is 2. The van der Waals surface area contributed by atoms with Crippen molar-refractivity contribution in [2.24, 2.45) is 0 Å². The molecule has 6 rings (SSSR count). The van der Waals surface area contributed by atoms with Crippen LogP contribution >= 0.6 is 23.5 Å². The molecule has 2 aliphatic heterocycles. The molecule has 0 spiro atoms. The summed E-state index contributed by atoms with van der Waals surface area (Å²) in [5, 5.41) is 24.2. The van der Waals surface area contributed by atoms with E-state index in [4.69, 9.17) is 4.98 Å². The van der Waals surface area contributed by atoms with Crippen LogP contribution < -0.4 is 20.4 Å². The number of nitrogens with zero attached hydrogens (tertiary/aromatic N) is 5. The summed E-state index contributed by atoms with van der Waals surface area (Å²) in [4.78, 5) is 32.8. The Hall–Kier alpha value is -5.35. The summed E-state index contributed by atoms with van der Waals surface area (Å²) < 4.78 is 0. The van der Waals surface area contributed by atoms with Gasteiger partial charge in [0.05, 0.1) is 11.0 Å². The highest BCUT2D eigenvalue weighted by atomic mass is 32.2. The molecule has 0 saturated carbocycles. The van der Waals surface area contributed by atoms with E-state index >= 15 is 0 Å². The van der Waals surface area contributed by atoms with Crippen LogP contribution in [0.1, 0.15) is 150 Å². The van der Waals surface area contributed by atoms with Gasteiger partial charge in [0, 0.05) is 89.3 Å². The average Bonchev–Trinajstić information content (AvgIpc) is 3.33. The lowest BCUT2D eigenvalue weighted by Gasteiger charge is -2.28. The van der Waals surface area contributed by atoms with E-state index in [1.807, 2.05) is 13.8 Å². The van der Waals surface area contributed by atoms with Gasteiger partial charge in [0.15, 0.2) is 10.2 Å². The second-order valence-electron chi connectivity index (χ2n) is 18.5. The Labute approximate surface area is 414 Å². The molecule has 1 aromatic heterocycles. The third kappa shape index (κ3) is 13.7. The molecule has 0 amide bonds. The summed E-state index contributed by atoms with van der Waals surface area (Å²) in [5.41, 5.74) is 12.0. The minimum absolute atomic E-state index is 0.144. The molecule has 0 atom stereocenters. The summed E-state index contributed by atoms with van der Waals surface area (Å²) in [5.74, 6) is 1.89. The molecule has 0 unspecified atom stereocenters. The van der Waals surface area contributed by atoms with Crippen LogP contribution in [-0.4, -0.2) is 39.8 Å². The summed E-state index contributed by atoms with van der Waals surface area (Å²) in [6, 6.07) is 24.1. The van der Waals surface area contributed by atoms with Crippen molar-refractivity contribution in [2.75, 3.05) is 34.4 Å². The number of thioether (sulfide) groups is 2. The number of allylic oxidation sites excluding steroid dienone is 2. The number of hydrogen-bond acceptors (Lipinski definition) is 9. The van der Waals surface area contributed by atoms with E-state index in [0.717, 1.165) is 110 Å². The van der Waals surface area contributed by atoms with Crippen LogP contribution in [0.3, 0.4) is 0 Å². The molecule has 0 aliphatic carbocycles. The Morgan fingerprint density at radius 1 is 0.603 bits per heavy atom. The fourth-order valence-corrected chi connectivity index (χ4v) is 11.1. The highest BCUT2D eigenvalue weighted by molar-refractivity contribution is 8.13. The van der Waals surface area contributed by atoms with Crippen molar-refractivity contribution in [2.45, 2.75) is 144 Å². The zero-order valence-electron chi connectivity index (χ0n) is 41.5. The standard InChI is InChI=1S/C59H71N5O2S2/c1-42-44(3)59(45(4)43(2)58(42)49(39-60)40-61)53-38-52-51-28-20-22-30-57(51)64(33-24-16-12-8-10-14-18-26-36-68-47(6)66)41-55(52)62-54(53)37-48-31-34-63(56-29-21-19-27-50(48)56)32-23-15-11-7-9-13-17-25-35-67-46(5)65/h19-22,27-31,34,37-38,41H,7-18,23-26,32-33,35-36H2,1-6H3/b48-37+. The molecule has 7 nitrogen and oxygen atoms in total. The van der Waals surface area contributed by atoms with Gasteiger partial charge >= 0.3 is 0 Å². The molecule has 356 valence electrons. The normalized spacial score (nSPS) is 13.1. The van der Waals surface area contributed by atoms with E-state index in [0.29, 0.717) is 0 Å². The first kappa shape index (κ1) is 52.0. The van der Waals surface area contributed by atoms with Gasteiger partial charge in [-0.3, -0.25) is 9.59 Å². The first-order chi connectivity index (χ1) is 33.0. The maximum Gasteiger partial charge on any atom is 0.185 e. The van der Waals surface area contributed by atoms with E-state index in [2.05, 4.69) is 115 Å². The van der Waals surface area contributed by atoms with E-state index < -0.39 is 0 Å². The molecule has 0 radical (unpaired) electrons. The second kappa shape index (κ2) is 26.4. The summed E-state index contributed by atoms with van der Waals surface area (Å²) >= 11 is 2.89. The number of anilines is 2. The van der Waals surface area contributed by atoms with Gasteiger partial charge in [-0.15, -0.1) is 0 Å². The van der Waals surface area contributed by atoms with Crippen molar-refractivity contribution in [3.8, 4) is 23.3 Å². The lowest BCUT2D eigenvalue weighted by molar-refractivity contribution is -0.109. The number of pyridine rings is 1. The van der Waals surface area contributed by atoms with Gasteiger partial charge in [-0.2, -0.15) is 10.5 Å². The maximum atomic E-state index is 11.2. The van der Waals surface area contributed by atoms with Gasteiger partial charge in [0.1, 0.15) is 17.7 Å². The molecule has 0 bridgehead atoms. The molecule has 4 aromatic rings. The molecular formula is C59H71N5O2S2. The molecule has 2 aliphatic rings. The van der Waals surface area contributed by atoms with Gasteiger partial charge in [-0.25, -0.2) is 4.98 Å². The van der Waals surface area contributed by atoms with Crippen LogP contribution in [0.5, 0.6) is 0 Å². The predicted molar refractivity (Wildman–Crippen MR) is 289 cm³/mol. The van der Waals surface area contributed by atoms with Crippen LogP contribution in [0.2, 0.25) is 0 Å². The van der Waals surface area contributed by atoms with Crippen LogP contribution in [-0.2, 0) is 9.59 Å². The smallest absolute Gasteiger partial charge is 0.185 e. The zero-order valence-corrected chi connectivity index (χ0v) is 43.1. The molecule has 0 fully saturated rings. The number of fused-ring (bicyclic) bond motifs is 4. The van der Waals surface area contributed by atoms with Gasteiger partial charge in [-0.1, -0.05) is 137 Å². The average molecular weight is 946 g/mol. The van der Waals surface area contributed by atoms with Gasteiger partial charge in [-0.05, 0) is 117 Å². The molecule has 68 heavy (non-hydrogen) atoms. The number of aromatic nitrogens is 1. The molecule has 9 heteroatoms. The third-order valence-electron chi connectivity index (χ3n) is 13.7. The largest absolute Gasteiger partial charge is 0.347 e. The second-order valence-corrected chi connectivity index (χ2v) is 21.0. The van der Waals surface area contributed by atoms with Crippen LogP contribution in [0.4, 0.5) is 11.4 Å². The Kier molecular flexibility index (Phi) is 20.2. The highest BCUT2D eigenvalue weighted by Gasteiger charge is 2.21. The van der Waals surface area contributed by atoms with E-state index in [9.17, 15) is 20.1 Å². The monoisotopic (exact) mass is 946 g/mol. The number of hydrogen-bond donors (Lipinski definition) is 0. The Bertz CT molecular complexity index is 2760. The summed E-state index contributed by atoms with van der Waals surface area (Å²) in [6.45, 7) is 13.5. The van der Waals surface area contributed by atoms with Gasteiger partial charge < -0.3 is 9.80 Å². The highest BCUT2D eigenvalue weighted by Crippen LogP contribution is 2.36. The van der Waals surface area contributed by atoms with Crippen molar-refractivity contribution in [3.05, 3.63) is 121 Å². The van der Waals surface area contributed by atoms with Crippen LogP contribution in [0, 0.1) is 60.8 Å². The quantitative estimate of drug-likeness (QED) is 0.0673. The summed E-state index contributed by atoms with van der Waals surface area (Å²) in [7, 11) is 0. The van der Waals surface area contributed by atoms with Crippen molar-refractivity contribution >= 4 is 68.6 Å². The van der Waals surface area contributed by atoms with Gasteiger partial charge in [0.2, 0.25) is 0 Å². The maximum absolute atomic E-state index is 11.2. The SMILES string of the molecule is CC(=O)SCCCCCCCCCCN1C=C/C(=C\c2nc3c(cc2=c2c(C)c(C)c(=C(C#N)C#N)c(C)c2C)-c2ccccc2N(CCCCCCCCCCSC(C)=O)C=3)c2ccccc21. The molecule has 0 saturated heterocycles. The Morgan fingerprint density at radius 3 is 1.60 bits per heavy atom. The fourth-order valence-electron chi connectivity index (χ4n) is 9.85. The number of rotatable bonds is 23. The minimum Gasteiger partial charge on any atom is -0.347 e. The van der Waals surface area contributed by atoms with Crippen molar-refractivity contribution < 1.29 is 9.59 Å². The predicted octanol–water partition coefficient (Wildman–Crippen LogP) is 13.7. The Balaban J connectivity index is 1.31. The zero-order chi connectivity index (χ0) is 48.4. The fraction of sp³-hybridized carbons (Fsp3) is 0.441. The molecule has 3 aromatic carbocycles. The van der Waals surface area contributed by atoms with E-state index in [-0.39, 0.29) is 15.8 Å².